The number of nitrogen functional groups attached to an aromatic ring is 1. The Morgan fingerprint density at radius 2 is 2.00 bits per heavy atom. The van der Waals surface area contributed by atoms with Crippen molar-refractivity contribution in [2.75, 3.05) is 5.73 Å². The summed E-state index contributed by atoms with van der Waals surface area (Å²) in [6.45, 7) is 5.96. The van der Waals surface area contributed by atoms with Crippen molar-refractivity contribution in [3.63, 3.8) is 0 Å². The minimum Gasteiger partial charge on any atom is -0.399 e. The van der Waals surface area contributed by atoms with E-state index in [-0.39, 0.29) is 5.43 Å². The fourth-order valence-electron chi connectivity index (χ4n) is 2.24. The zero-order valence-corrected chi connectivity index (χ0v) is 10.6. The Kier molecular flexibility index (Phi) is 2.92. The number of benzene rings is 1. The Morgan fingerprint density at radius 1 is 1.29 bits per heavy atom. The number of nitrogens with two attached hydrogens (primary N) is 1. The van der Waals surface area contributed by atoms with Crippen LogP contribution in [0.5, 0.6) is 0 Å². The van der Waals surface area contributed by atoms with Gasteiger partial charge in [-0.25, -0.2) is 0 Å². The number of nitrogens with one attached hydrogen (secondary N) is 1. The summed E-state index contributed by atoms with van der Waals surface area (Å²) in [5.74, 6) is 0. The number of pyridine rings is 1. The quantitative estimate of drug-likeness (QED) is 0.779. The molecule has 0 amide bonds. The van der Waals surface area contributed by atoms with Gasteiger partial charge >= 0.3 is 0 Å². The van der Waals surface area contributed by atoms with Crippen LogP contribution >= 0.6 is 0 Å². The molecule has 2 rings (SSSR count). The Bertz CT molecular complexity index is 626. The first kappa shape index (κ1) is 11.7. The summed E-state index contributed by atoms with van der Waals surface area (Å²) in [6.07, 6.45) is 1.93. The second kappa shape index (κ2) is 4.24. The third-order valence-corrected chi connectivity index (χ3v) is 3.17. The number of rotatable bonds is 2. The number of aromatic nitrogens is 1. The fourth-order valence-corrected chi connectivity index (χ4v) is 2.24. The number of H-pyrrole nitrogens is 1. The lowest BCUT2D eigenvalue weighted by Gasteiger charge is -2.10. The molecular weight excluding hydrogens is 212 g/mol. The second-order valence-electron chi connectivity index (χ2n) is 4.57. The van der Waals surface area contributed by atoms with Crippen molar-refractivity contribution in [2.24, 2.45) is 0 Å². The second-order valence-corrected chi connectivity index (χ2v) is 4.57. The molecule has 0 aliphatic carbocycles. The normalized spacial score (nSPS) is 11.0. The highest BCUT2D eigenvalue weighted by atomic mass is 16.1. The van der Waals surface area contributed by atoms with Crippen LogP contribution in [0.3, 0.4) is 0 Å². The number of hydrogen-bond acceptors (Lipinski definition) is 2. The van der Waals surface area contributed by atoms with E-state index in [1.54, 1.807) is 6.07 Å². The molecule has 0 saturated carbocycles. The maximum Gasteiger partial charge on any atom is 0.192 e. The summed E-state index contributed by atoms with van der Waals surface area (Å²) in [5, 5.41) is 0.694. The highest BCUT2D eigenvalue weighted by Crippen LogP contribution is 2.19. The molecular formula is C14H18N2O. The Balaban J connectivity index is 2.86. The monoisotopic (exact) mass is 230 g/mol. The van der Waals surface area contributed by atoms with Gasteiger partial charge in [-0.05, 0) is 38.0 Å². The summed E-state index contributed by atoms with van der Waals surface area (Å²) in [5.41, 5.74) is 10.3. The lowest BCUT2D eigenvalue weighted by Crippen LogP contribution is -2.12. The van der Waals surface area contributed by atoms with E-state index in [9.17, 15) is 4.79 Å². The van der Waals surface area contributed by atoms with Gasteiger partial charge in [-0.2, -0.15) is 0 Å². The lowest BCUT2D eigenvalue weighted by atomic mass is 10.0. The number of aryl methyl sites for hydroxylation is 2. The van der Waals surface area contributed by atoms with E-state index in [1.165, 1.54) is 0 Å². The highest BCUT2D eigenvalue weighted by molar-refractivity contribution is 5.85. The molecule has 0 aliphatic heterocycles. The van der Waals surface area contributed by atoms with Crippen LogP contribution in [0.4, 0.5) is 5.69 Å². The first-order chi connectivity index (χ1) is 8.04. The van der Waals surface area contributed by atoms with Crippen LogP contribution in [-0.2, 0) is 6.42 Å². The zero-order valence-electron chi connectivity index (χ0n) is 10.6. The van der Waals surface area contributed by atoms with Crippen molar-refractivity contribution in [3.8, 4) is 0 Å². The largest absolute Gasteiger partial charge is 0.399 e. The van der Waals surface area contributed by atoms with Crippen LogP contribution in [0.15, 0.2) is 16.9 Å². The minimum atomic E-state index is 0.0950. The van der Waals surface area contributed by atoms with E-state index in [1.807, 2.05) is 19.9 Å². The van der Waals surface area contributed by atoms with Crippen molar-refractivity contribution in [1.82, 2.24) is 4.98 Å². The summed E-state index contributed by atoms with van der Waals surface area (Å²) >= 11 is 0. The van der Waals surface area contributed by atoms with Crippen molar-refractivity contribution in [3.05, 3.63) is 39.2 Å². The molecule has 0 atom stereocenters. The summed E-state index contributed by atoms with van der Waals surface area (Å²) in [6, 6.07) is 3.65. The van der Waals surface area contributed by atoms with Gasteiger partial charge in [-0.1, -0.05) is 13.3 Å². The van der Waals surface area contributed by atoms with Crippen molar-refractivity contribution >= 4 is 16.6 Å². The predicted octanol–water partition coefficient (Wildman–Crippen LogP) is 2.68. The molecule has 1 aromatic heterocycles. The maximum absolute atomic E-state index is 12.3. The molecule has 0 spiro atoms. The van der Waals surface area contributed by atoms with Crippen molar-refractivity contribution in [2.45, 2.75) is 33.6 Å². The number of hydrogen-bond donors (Lipinski definition) is 2. The molecule has 3 nitrogen and oxygen atoms in total. The minimum absolute atomic E-state index is 0.0950. The van der Waals surface area contributed by atoms with Gasteiger partial charge in [0.2, 0.25) is 0 Å². The SMILES string of the molecule is CCCc1[nH]c2c(C)cc(N)cc2c(=O)c1C. The predicted molar refractivity (Wildman–Crippen MR) is 72.5 cm³/mol. The average Bonchev–Trinajstić information content (AvgIpc) is 2.27. The number of aromatic amines is 1. The van der Waals surface area contributed by atoms with Crippen LogP contribution in [0.25, 0.3) is 10.9 Å². The van der Waals surface area contributed by atoms with E-state index in [0.29, 0.717) is 11.1 Å². The van der Waals surface area contributed by atoms with Gasteiger partial charge in [-0.15, -0.1) is 0 Å². The number of anilines is 1. The molecule has 1 heterocycles. The number of fused-ring (bicyclic) bond motifs is 1. The standard InChI is InChI=1S/C14H18N2O/c1-4-5-12-9(3)14(17)11-7-10(15)6-8(2)13(11)16-12/h6-7H,4-5,15H2,1-3H3,(H,16,17). The maximum atomic E-state index is 12.3. The molecule has 0 fully saturated rings. The van der Waals surface area contributed by atoms with Gasteiger partial charge in [0.15, 0.2) is 5.43 Å². The van der Waals surface area contributed by atoms with Gasteiger partial charge < -0.3 is 10.7 Å². The fraction of sp³-hybridized carbons (Fsp3) is 0.357. The molecule has 0 radical (unpaired) electrons. The highest BCUT2D eigenvalue weighted by Gasteiger charge is 2.09. The van der Waals surface area contributed by atoms with Crippen molar-refractivity contribution in [1.29, 1.82) is 0 Å². The summed E-state index contributed by atoms with van der Waals surface area (Å²) in [7, 11) is 0. The molecule has 90 valence electrons. The van der Waals surface area contributed by atoms with E-state index in [0.717, 1.165) is 35.2 Å². The van der Waals surface area contributed by atoms with E-state index in [4.69, 9.17) is 5.73 Å². The van der Waals surface area contributed by atoms with Gasteiger partial charge in [0.1, 0.15) is 0 Å². The Hall–Kier alpha value is -1.77. The third-order valence-electron chi connectivity index (χ3n) is 3.17. The molecule has 0 saturated heterocycles. The molecule has 0 unspecified atom stereocenters. The van der Waals surface area contributed by atoms with Gasteiger partial charge in [0.25, 0.3) is 0 Å². The molecule has 0 aliphatic rings. The average molecular weight is 230 g/mol. The molecule has 3 heteroatoms. The van der Waals surface area contributed by atoms with Crippen LogP contribution in [0.1, 0.15) is 30.2 Å². The summed E-state index contributed by atoms with van der Waals surface area (Å²) < 4.78 is 0. The van der Waals surface area contributed by atoms with Gasteiger partial charge in [0, 0.05) is 22.3 Å². The Morgan fingerprint density at radius 3 is 2.65 bits per heavy atom. The molecule has 17 heavy (non-hydrogen) atoms. The first-order valence-corrected chi connectivity index (χ1v) is 5.96. The van der Waals surface area contributed by atoms with E-state index < -0.39 is 0 Å². The topological polar surface area (TPSA) is 58.9 Å². The van der Waals surface area contributed by atoms with Crippen LogP contribution in [0.2, 0.25) is 0 Å². The molecule has 1 aromatic carbocycles. The van der Waals surface area contributed by atoms with Crippen LogP contribution in [-0.4, -0.2) is 4.98 Å². The van der Waals surface area contributed by atoms with Crippen LogP contribution in [0, 0.1) is 13.8 Å². The zero-order chi connectivity index (χ0) is 12.6. The van der Waals surface area contributed by atoms with Gasteiger partial charge in [-0.3, -0.25) is 4.79 Å². The van der Waals surface area contributed by atoms with E-state index >= 15 is 0 Å². The van der Waals surface area contributed by atoms with Gasteiger partial charge in [0.05, 0.1) is 5.52 Å². The molecule has 2 aromatic rings. The molecule has 0 bridgehead atoms. The lowest BCUT2D eigenvalue weighted by molar-refractivity contribution is 0.876. The first-order valence-electron chi connectivity index (χ1n) is 5.96. The van der Waals surface area contributed by atoms with Crippen molar-refractivity contribution < 1.29 is 0 Å². The smallest absolute Gasteiger partial charge is 0.192 e. The summed E-state index contributed by atoms with van der Waals surface area (Å²) in [4.78, 5) is 15.6. The van der Waals surface area contributed by atoms with E-state index in [2.05, 4.69) is 11.9 Å². The third kappa shape index (κ3) is 1.93. The van der Waals surface area contributed by atoms with Crippen LogP contribution < -0.4 is 11.2 Å². The Labute approximate surface area is 101 Å². The molecule has 3 N–H and O–H groups in total.